The van der Waals surface area contributed by atoms with Gasteiger partial charge in [0.05, 0.1) is 5.92 Å². The van der Waals surface area contributed by atoms with Gasteiger partial charge in [0.2, 0.25) is 0 Å². The van der Waals surface area contributed by atoms with Gasteiger partial charge in [-0.05, 0) is 23.7 Å². The zero-order chi connectivity index (χ0) is 10.4. The third-order valence-corrected chi connectivity index (χ3v) is 4.25. The lowest BCUT2D eigenvalue weighted by Crippen LogP contribution is -2.30. The fourth-order valence-corrected chi connectivity index (χ4v) is 2.94. The smallest absolute Gasteiger partial charge is 0.171 e. The van der Waals surface area contributed by atoms with Gasteiger partial charge in [-0.1, -0.05) is 27.7 Å². The van der Waals surface area contributed by atoms with Crippen molar-refractivity contribution in [3.05, 3.63) is 0 Å². The van der Waals surface area contributed by atoms with Crippen LogP contribution in [0.3, 0.4) is 0 Å². The molecule has 0 spiro atoms. The van der Waals surface area contributed by atoms with E-state index in [0.717, 1.165) is 0 Å². The average Bonchev–Trinajstić information content (AvgIpc) is 2.53. The molecule has 0 aromatic carbocycles. The Kier molecular flexibility index (Phi) is 2.42. The van der Waals surface area contributed by atoms with Crippen molar-refractivity contribution in [2.75, 3.05) is 0 Å². The Hall–Kier alpha value is -0.210. The molecule has 0 aliphatic heterocycles. The highest BCUT2D eigenvalue weighted by atomic mass is 19.4. The summed E-state index contributed by atoms with van der Waals surface area (Å²) in [4.78, 5) is 0. The van der Waals surface area contributed by atoms with Crippen LogP contribution in [0, 0.1) is 23.2 Å². The maximum atomic E-state index is 12.5. The van der Waals surface area contributed by atoms with Crippen LogP contribution in [-0.4, -0.2) is 6.18 Å². The summed E-state index contributed by atoms with van der Waals surface area (Å²) in [6.45, 7) is 7.04. The van der Waals surface area contributed by atoms with Gasteiger partial charge in [-0.15, -0.1) is 0 Å². The Balaban J connectivity index is 2.82. The molecular formula is C10H17F3. The van der Waals surface area contributed by atoms with Gasteiger partial charge in [-0.25, -0.2) is 0 Å². The Morgan fingerprint density at radius 1 is 1.23 bits per heavy atom. The summed E-state index contributed by atoms with van der Waals surface area (Å²) in [7, 11) is 0. The lowest BCUT2D eigenvalue weighted by molar-refractivity contribution is -0.191. The molecule has 13 heavy (non-hydrogen) atoms. The molecule has 3 heteroatoms. The zero-order valence-electron chi connectivity index (χ0n) is 8.57. The van der Waals surface area contributed by atoms with Crippen molar-refractivity contribution in [1.29, 1.82) is 0 Å². The molecule has 0 nitrogen and oxygen atoms in total. The molecule has 0 aromatic rings. The number of rotatable bonds is 2. The minimum Gasteiger partial charge on any atom is -0.171 e. The standard InChI is InChI=1S/C10H17F3/c1-5-9(6(2)7(9)3)8(4)10(11,12)13/h6-8H,5H2,1-4H3. The van der Waals surface area contributed by atoms with Crippen LogP contribution >= 0.6 is 0 Å². The molecule has 0 saturated heterocycles. The van der Waals surface area contributed by atoms with Crippen LogP contribution in [0.2, 0.25) is 0 Å². The minimum atomic E-state index is -4.03. The normalized spacial score (nSPS) is 41.8. The first-order valence-electron chi connectivity index (χ1n) is 4.85. The number of hydrogen-bond donors (Lipinski definition) is 0. The summed E-state index contributed by atoms with van der Waals surface area (Å²) in [6, 6.07) is 0. The fraction of sp³-hybridized carbons (Fsp3) is 1.00. The van der Waals surface area contributed by atoms with Crippen molar-refractivity contribution < 1.29 is 13.2 Å². The Labute approximate surface area is 77.5 Å². The van der Waals surface area contributed by atoms with E-state index >= 15 is 0 Å². The number of alkyl halides is 3. The molecule has 3 atom stereocenters. The van der Waals surface area contributed by atoms with Gasteiger partial charge in [0.1, 0.15) is 0 Å². The third kappa shape index (κ3) is 1.36. The highest BCUT2D eigenvalue weighted by molar-refractivity contribution is 5.09. The summed E-state index contributed by atoms with van der Waals surface area (Å²) in [6.07, 6.45) is -3.40. The van der Waals surface area contributed by atoms with E-state index in [-0.39, 0.29) is 11.8 Å². The summed E-state index contributed by atoms with van der Waals surface area (Å²) in [5.41, 5.74) is -0.474. The first-order valence-corrected chi connectivity index (χ1v) is 4.85. The minimum absolute atomic E-state index is 0.217. The highest BCUT2D eigenvalue weighted by Gasteiger charge is 2.66. The molecule has 0 heterocycles. The highest BCUT2D eigenvalue weighted by Crippen LogP contribution is 2.67. The third-order valence-electron chi connectivity index (χ3n) is 4.25. The average molecular weight is 194 g/mol. The van der Waals surface area contributed by atoms with E-state index in [0.29, 0.717) is 6.42 Å². The second-order valence-electron chi connectivity index (χ2n) is 4.31. The van der Waals surface area contributed by atoms with Crippen molar-refractivity contribution in [2.24, 2.45) is 23.2 Å². The predicted molar refractivity (Wildman–Crippen MR) is 46.3 cm³/mol. The maximum Gasteiger partial charge on any atom is 0.392 e. The summed E-state index contributed by atoms with van der Waals surface area (Å²) < 4.78 is 37.6. The van der Waals surface area contributed by atoms with Crippen LogP contribution < -0.4 is 0 Å². The Morgan fingerprint density at radius 3 is 1.69 bits per heavy atom. The Morgan fingerprint density at radius 2 is 1.62 bits per heavy atom. The molecule has 1 saturated carbocycles. The lowest BCUT2D eigenvalue weighted by atomic mass is 9.84. The van der Waals surface area contributed by atoms with Crippen LogP contribution in [-0.2, 0) is 0 Å². The van der Waals surface area contributed by atoms with Gasteiger partial charge in [-0.2, -0.15) is 13.2 Å². The van der Waals surface area contributed by atoms with E-state index in [1.807, 2.05) is 20.8 Å². The quantitative estimate of drug-likeness (QED) is 0.626. The van der Waals surface area contributed by atoms with E-state index in [2.05, 4.69) is 0 Å². The van der Waals surface area contributed by atoms with Crippen LogP contribution in [0.1, 0.15) is 34.1 Å². The fourth-order valence-electron chi connectivity index (χ4n) is 2.94. The molecule has 0 bridgehead atoms. The lowest BCUT2D eigenvalue weighted by Gasteiger charge is -2.26. The molecule has 1 rings (SSSR count). The van der Waals surface area contributed by atoms with E-state index in [9.17, 15) is 13.2 Å². The van der Waals surface area contributed by atoms with Gasteiger partial charge in [-0.3, -0.25) is 0 Å². The van der Waals surface area contributed by atoms with E-state index < -0.39 is 17.5 Å². The maximum absolute atomic E-state index is 12.5. The summed E-state index contributed by atoms with van der Waals surface area (Å²) in [5.74, 6) is -0.724. The van der Waals surface area contributed by atoms with Crippen molar-refractivity contribution in [3.63, 3.8) is 0 Å². The Bertz CT molecular complexity index is 187. The molecule has 0 amide bonds. The van der Waals surface area contributed by atoms with Gasteiger partial charge >= 0.3 is 6.18 Å². The molecule has 0 N–H and O–H groups in total. The molecule has 3 unspecified atom stereocenters. The molecular weight excluding hydrogens is 177 g/mol. The van der Waals surface area contributed by atoms with E-state index in [4.69, 9.17) is 0 Å². The molecule has 1 aliphatic carbocycles. The molecule has 0 radical (unpaired) electrons. The number of halogens is 3. The van der Waals surface area contributed by atoms with Crippen molar-refractivity contribution in [2.45, 2.75) is 40.3 Å². The zero-order valence-corrected chi connectivity index (χ0v) is 8.57. The first kappa shape index (κ1) is 10.9. The van der Waals surface area contributed by atoms with E-state index in [1.54, 1.807) is 0 Å². The predicted octanol–water partition coefficient (Wildman–Crippen LogP) is 3.87. The van der Waals surface area contributed by atoms with Crippen LogP contribution in [0.4, 0.5) is 13.2 Å². The van der Waals surface area contributed by atoms with Crippen LogP contribution in [0.5, 0.6) is 0 Å². The second kappa shape index (κ2) is 2.89. The molecule has 1 fully saturated rings. The monoisotopic (exact) mass is 194 g/mol. The van der Waals surface area contributed by atoms with Crippen LogP contribution in [0.25, 0.3) is 0 Å². The molecule has 78 valence electrons. The summed E-state index contributed by atoms with van der Waals surface area (Å²) in [5, 5.41) is 0. The van der Waals surface area contributed by atoms with Gasteiger partial charge < -0.3 is 0 Å². The van der Waals surface area contributed by atoms with Crippen LogP contribution in [0.15, 0.2) is 0 Å². The van der Waals surface area contributed by atoms with Crippen molar-refractivity contribution in [3.8, 4) is 0 Å². The van der Waals surface area contributed by atoms with E-state index in [1.165, 1.54) is 6.92 Å². The van der Waals surface area contributed by atoms with Gasteiger partial charge in [0.25, 0.3) is 0 Å². The topological polar surface area (TPSA) is 0 Å². The van der Waals surface area contributed by atoms with Crippen molar-refractivity contribution in [1.82, 2.24) is 0 Å². The van der Waals surface area contributed by atoms with Gasteiger partial charge in [0, 0.05) is 0 Å². The first-order chi connectivity index (χ1) is 5.78. The van der Waals surface area contributed by atoms with Crippen molar-refractivity contribution >= 4 is 0 Å². The largest absolute Gasteiger partial charge is 0.392 e. The SMILES string of the molecule is CCC1(C(C)C(F)(F)F)C(C)C1C. The number of hydrogen-bond acceptors (Lipinski definition) is 0. The molecule has 1 aliphatic rings. The summed E-state index contributed by atoms with van der Waals surface area (Å²) >= 11 is 0. The second-order valence-corrected chi connectivity index (χ2v) is 4.31. The molecule has 0 aromatic heterocycles. The van der Waals surface area contributed by atoms with Gasteiger partial charge in [0.15, 0.2) is 0 Å².